The Hall–Kier alpha value is -1.40. The number of piperidine rings is 1. The first-order valence-corrected chi connectivity index (χ1v) is 5.21. The van der Waals surface area contributed by atoms with Crippen molar-refractivity contribution in [1.82, 2.24) is 5.32 Å². The van der Waals surface area contributed by atoms with Crippen molar-refractivity contribution in [3.05, 3.63) is 35.1 Å². The van der Waals surface area contributed by atoms with E-state index in [-0.39, 0.29) is 5.56 Å². The maximum atomic E-state index is 13.1. The van der Waals surface area contributed by atoms with Crippen LogP contribution in [-0.2, 0) is 0 Å². The summed E-state index contributed by atoms with van der Waals surface area (Å²) in [6.07, 6.45) is 2.26. The molecule has 0 spiro atoms. The van der Waals surface area contributed by atoms with Gasteiger partial charge in [-0.15, -0.1) is 0 Å². The molecule has 2 nitrogen and oxygen atoms in total. The summed E-state index contributed by atoms with van der Waals surface area (Å²) in [5.41, 5.74) is 1.22. The van der Waals surface area contributed by atoms with Crippen LogP contribution < -0.4 is 5.32 Å². The number of hydrogen-bond donors (Lipinski definition) is 1. The first-order chi connectivity index (χ1) is 7.31. The van der Waals surface area contributed by atoms with E-state index in [0.29, 0.717) is 5.92 Å². The maximum Gasteiger partial charge on any atom is 0.140 e. The quantitative estimate of drug-likeness (QED) is 0.761. The molecule has 2 rings (SSSR count). The molecule has 1 heterocycles. The molecule has 1 aliphatic heterocycles. The van der Waals surface area contributed by atoms with Crippen molar-refractivity contribution >= 4 is 0 Å². The lowest BCUT2D eigenvalue weighted by atomic mass is 9.91. The van der Waals surface area contributed by atoms with Crippen molar-refractivity contribution in [2.24, 2.45) is 0 Å². The lowest BCUT2D eigenvalue weighted by Crippen LogP contribution is -2.28. The van der Waals surface area contributed by atoms with Crippen LogP contribution in [0.15, 0.2) is 18.2 Å². The average molecular weight is 204 g/mol. The number of benzene rings is 1. The Morgan fingerprint density at radius 1 is 1.47 bits per heavy atom. The molecule has 0 aromatic heterocycles. The molecule has 1 saturated heterocycles. The van der Waals surface area contributed by atoms with Gasteiger partial charge >= 0.3 is 0 Å². The van der Waals surface area contributed by atoms with Crippen LogP contribution in [0.2, 0.25) is 0 Å². The molecule has 1 fully saturated rings. The van der Waals surface area contributed by atoms with Crippen LogP contribution >= 0.6 is 0 Å². The molecule has 1 aliphatic rings. The lowest BCUT2D eigenvalue weighted by Gasteiger charge is -2.23. The Bertz CT molecular complexity index is 389. The van der Waals surface area contributed by atoms with Gasteiger partial charge in [0.05, 0.1) is 5.56 Å². The summed E-state index contributed by atoms with van der Waals surface area (Å²) in [6.45, 7) is 1.99. The fourth-order valence-electron chi connectivity index (χ4n) is 2.02. The van der Waals surface area contributed by atoms with Gasteiger partial charge in [0.2, 0.25) is 0 Å². The second-order valence-electron chi connectivity index (χ2n) is 3.89. The zero-order chi connectivity index (χ0) is 10.7. The monoisotopic (exact) mass is 204 g/mol. The van der Waals surface area contributed by atoms with Gasteiger partial charge < -0.3 is 5.32 Å². The van der Waals surface area contributed by atoms with Gasteiger partial charge in [-0.3, -0.25) is 0 Å². The third-order valence-electron chi connectivity index (χ3n) is 2.88. The van der Waals surface area contributed by atoms with Crippen molar-refractivity contribution < 1.29 is 4.39 Å². The molecule has 0 aliphatic carbocycles. The summed E-state index contributed by atoms with van der Waals surface area (Å²) in [7, 11) is 0. The number of rotatable bonds is 1. The van der Waals surface area contributed by atoms with Crippen LogP contribution in [0.5, 0.6) is 0 Å². The normalized spacial score (nSPS) is 20.9. The molecule has 15 heavy (non-hydrogen) atoms. The molecule has 1 aromatic carbocycles. The van der Waals surface area contributed by atoms with E-state index in [9.17, 15) is 4.39 Å². The van der Waals surface area contributed by atoms with Gasteiger partial charge in [0, 0.05) is 6.54 Å². The highest BCUT2D eigenvalue weighted by Gasteiger charge is 2.16. The van der Waals surface area contributed by atoms with Crippen molar-refractivity contribution in [3.8, 4) is 6.07 Å². The van der Waals surface area contributed by atoms with Gasteiger partial charge in [0.15, 0.2) is 0 Å². The minimum absolute atomic E-state index is 0.151. The molecule has 0 saturated carbocycles. The van der Waals surface area contributed by atoms with E-state index in [4.69, 9.17) is 5.26 Å². The van der Waals surface area contributed by atoms with Crippen LogP contribution in [-0.4, -0.2) is 13.1 Å². The summed E-state index contributed by atoms with van der Waals surface area (Å²) in [5, 5.41) is 12.0. The first kappa shape index (κ1) is 10.1. The highest BCUT2D eigenvalue weighted by molar-refractivity contribution is 5.36. The van der Waals surface area contributed by atoms with Gasteiger partial charge in [0.25, 0.3) is 0 Å². The van der Waals surface area contributed by atoms with Gasteiger partial charge in [-0.2, -0.15) is 5.26 Å². The molecule has 1 N–H and O–H groups in total. The van der Waals surface area contributed by atoms with Gasteiger partial charge in [-0.25, -0.2) is 4.39 Å². The zero-order valence-corrected chi connectivity index (χ0v) is 8.46. The van der Waals surface area contributed by atoms with E-state index < -0.39 is 5.82 Å². The summed E-state index contributed by atoms with van der Waals surface area (Å²) >= 11 is 0. The van der Waals surface area contributed by atoms with Crippen LogP contribution in [0.3, 0.4) is 0 Å². The third-order valence-corrected chi connectivity index (χ3v) is 2.88. The molecule has 0 bridgehead atoms. The van der Waals surface area contributed by atoms with Crippen molar-refractivity contribution in [1.29, 1.82) is 5.26 Å². The summed E-state index contributed by atoms with van der Waals surface area (Å²) in [4.78, 5) is 0. The van der Waals surface area contributed by atoms with Crippen LogP contribution in [0.4, 0.5) is 4.39 Å². The maximum absolute atomic E-state index is 13.1. The summed E-state index contributed by atoms with van der Waals surface area (Å²) < 4.78 is 13.1. The predicted octanol–water partition coefficient (Wildman–Crippen LogP) is 2.16. The molecule has 0 unspecified atom stereocenters. The number of nitriles is 1. The van der Waals surface area contributed by atoms with Gasteiger partial charge in [-0.05, 0) is 43.0 Å². The van der Waals surface area contributed by atoms with Crippen LogP contribution in [0, 0.1) is 17.1 Å². The largest absolute Gasteiger partial charge is 0.316 e. The molecule has 1 atom stereocenters. The molecule has 78 valence electrons. The highest BCUT2D eigenvalue weighted by Crippen LogP contribution is 2.24. The Labute approximate surface area is 88.7 Å². The Kier molecular flexibility index (Phi) is 2.98. The van der Waals surface area contributed by atoms with Crippen molar-refractivity contribution in [3.63, 3.8) is 0 Å². The number of halogens is 1. The second-order valence-corrected chi connectivity index (χ2v) is 3.89. The molecule has 3 heteroatoms. The highest BCUT2D eigenvalue weighted by atomic mass is 19.1. The van der Waals surface area contributed by atoms with Crippen LogP contribution in [0.1, 0.15) is 29.9 Å². The van der Waals surface area contributed by atoms with E-state index in [1.807, 2.05) is 6.07 Å². The average Bonchev–Trinajstić information content (AvgIpc) is 2.31. The van der Waals surface area contributed by atoms with E-state index >= 15 is 0 Å². The van der Waals surface area contributed by atoms with Crippen molar-refractivity contribution in [2.45, 2.75) is 18.8 Å². The van der Waals surface area contributed by atoms with E-state index in [2.05, 4.69) is 5.32 Å². The summed E-state index contributed by atoms with van der Waals surface area (Å²) in [5.74, 6) is -0.00327. The standard InChI is InChI=1S/C12H13FN2/c13-12-4-3-9(6-11(12)7-14)10-2-1-5-15-8-10/h3-4,6,10,15H,1-2,5,8H2/t10-/m1/s1. The van der Waals surface area contributed by atoms with Gasteiger partial charge in [0.1, 0.15) is 11.9 Å². The van der Waals surface area contributed by atoms with E-state index in [1.54, 1.807) is 12.1 Å². The molecule has 1 aromatic rings. The topological polar surface area (TPSA) is 35.8 Å². The number of nitrogens with one attached hydrogen (secondary N) is 1. The second kappa shape index (κ2) is 4.41. The Balaban J connectivity index is 2.25. The summed E-state index contributed by atoms with van der Waals surface area (Å²) in [6, 6.07) is 6.73. The smallest absolute Gasteiger partial charge is 0.140 e. The molecule has 0 radical (unpaired) electrons. The van der Waals surface area contributed by atoms with E-state index in [0.717, 1.165) is 31.5 Å². The molecule has 0 amide bonds. The first-order valence-electron chi connectivity index (χ1n) is 5.21. The predicted molar refractivity (Wildman–Crippen MR) is 56.0 cm³/mol. The van der Waals surface area contributed by atoms with Gasteiger partial charge in [-0.1, -0.05) is 6.07 Å². The number of hydrogen-bond acceptors (Lipinski definition) is 2. The lowest BCUT2D eigenvalue weighted by molar-refractivity contribution is 0.461. The zero-order valence-electron chi connectivity index (χ0n) is 8.46. The number of nitrogens with zero attached hydrogens (tertiary/aromatic N) is 1. The SMILES string of the molecule is N#Cc1cc([C@@H]2CCCNC2)ccc1F. The Morgan fingerprint density at radius 3 is 3.00 bits per heavy atom. The Morgan fingerprint density at radius 2 is 2.33 bits per heavy atom. The fourth-order valence-corrected chi connectivity index (χ4v) is 2.02. The minimum atomic E-state index is -0.426. The fraction of sp³-hybridized carbons (Fsp3) is 0.417. The minimum Gasteiger partial charge on any atom is -0.316 e. The van der Waals surface area contributed by atoms with Crippen LogP contribution in [0.25, 0.3) is 0 Å². The molecular formula is C12H13FN2. The van der Waals surface area contributed by atoms with Crippen molar-refractivity contribution in [2.75, 3.05) is 13.1 Å². The molecular weight excluding hydrogens is 191 g/mol. The van der Waals surface area contributed by atoms with E-state index in [1.165, 1.54) is 6.07 Å². The third kappa shape index (κ3) is 2.16.